The summed E-state index contributed by atoms with van der Waals surface area (Å²) < 4.78 is 12.0. The molecule has 0 fully saturated rings. The molecule has 0 aromatic rings. The normalized spacial score (nSPS) is 10.1. The zero-order valence-electron chi connectivity index (χ0n) is 15.9. The minimum Gasteiger partial charge on any atom is -0.390 e. The van der Waals surface area contributed by atoms with Crippen molar-refractivity contribution in [2.75, 3.05) is 6.67 Å². The number of hydrogen-bond donors (Lipinski definition) is 1. The molecular formula is C19H41FO. The summed E-state index contributed by atoms with van der Waals surface area (Å²) >= 11 is 0. The van der Waals surface area contributed by atoms with E-state index in [1.54, 1.807) is 13.8 Å². The van der Waals surface area contributed by atoms with Gasteiger partial charge in [0, 0.05) is 0 Å². The molecule has 0 bridgehead atoms. The lowest BCUT2D eigenvalue weighted by molar-refractivity contribution is 0.0275. The highest BCUT2D eigenvalue weighted by atomic mass is 19.1. The van der Waals surface area contributed by atoms with Crippen LogP contribution in [0.3, 0.4) is 0 Å². The molecule has 1 nitrogen and oxygen atoms in total. The van der Waals surface area contributed by atoms with Gasteiger partial charge in [-0.3, -0.25) is 4.39 Å². The van der Waals surface area contributed by atoms with Gasteiger partial charge in [0.1, 0.15) is 0 Å². The van der Waals surface area contributed by atoms with E-state index in [-0.39, 0.29) is 12.1 Å². The third kappa shape index (κ3) is 38.2. The third-order valence-electron chi connectivity index (χ3n) is 2.64. The maximum Gasteiger partial charge on any atom is 0.0899 e. The molecule has 2 heteroatoms. The van der Waals surface area contributed by atoms with Gasteiger partial charge in [0.15, 0.2) is 0 Å². The van der Waals surface area contributed by atoms with Gasteiger partial charge in [-0.05, 0) is 32.1 Å². The van der Waals surface area contributed by atoms with Gasteiger partial charge in [-0.1, -0.05) is 67.2 Å². The van der Waals surface area contributed by atoms with Crippen LogP contribution < -0.4 is 0 Å². The van der Waals surface area contributed by atoms with Gasteiger partial charge < -0.3 is 5.11 Å². The smallest absolute Gasteiger partial charge is 0.0899 e. The number of halogens is 1. The van der Waals surface area contributed by atoms with Crippen molar-refractivity contribution in [3.8, 4) is 12.8 Å². The molecule has 0 radical (unpaired) electrons. The quantitative estimate of drug-likeness (QED) is 0.426. The van der Waals surface area contributed by atoms with E-state index in [1.807, 2.05) is 27.7 Å². The fourth-order valence-electron chi connectivity index (χ4n) is 2.02. The van der Waals surface area contributed by atoms with Crippen LogP contribution in [0, 0.1) is 18.3 Å². The van der Waals surface area contributed by atoms with Crippen LogP contribution in [0.1, 0.15) is 93.9 Å². The van der Waals surface area contributed by atoms with Crippen molar-refractivity contribution in [3.63, 3.8) is 0 Å². The van der Waals surface area contributed by atoms with E-state index in [0.29, 0.717) is 12.8 Å². The van der Waals surface area contributed by atoms with Crippen molar-refractivity contribution < 1.29 is 9.50 Å². The van der Waals surface area contributed by atoms with Crippen molar-refractivity contribution in [2.24, 2.45) is 5.41 Å². The molecule has 0 aliphatic rings. The van der Waals surface area contributed by atoms with Crippen molar-refractivity contribution >= 4 is 0 Å². The van der Waals surface area contributed by atoms with Gasteiger partial charge in [0.25, 0.3) is 0 Å². The van der Waals surface area contributed by atoms with Crippen LogP contribution in [0.4, 0.5) is 4.39 Å². The molecule has 0 aromatic carbocycles. The molecule has 0 unspecified atom stereocenters. The first-order valence-electron chi connectivity index (χ1n) is 8.30. The van der Waals surface area contributed by atoms with Crippen LogP contribution in [0.15, 0.2) is 0 Å². The van der Waals surface area contributed by atoms with Gasteiger partial charge in [-0.2, -0.15) is 0 Å². The number of rotatable bonds is 7. The van der Waals surface area contributed by atoms with Crippen LogP contribution in [0.5, 0.6) is 0 Å². The number of terminal acetylenes is 1. The second-order valence-electron chi connectivity index (χ2n) is 6.30. The standard InChI is InChI=1S/C9H19FO.C6H14.C2H6.C2H2/c1-8(2,5-6-10)7-9(3,4)11;1-3-5-6-4-2;2*1-2/h11H,5-7H2,1-4H3;3-6H2,1-2H3;1-2H3;1-2H. The lowest BCUT2D eigenvalue weighted by atomic mass is 9.80. The van der Waals surface area contributed by atoms with Crippen molar-refractivity contribution in [2.45, 2.75) is 99.5 Å². The van der Waals surface area contributed by atoms with Crippen LogP contribution in [0.25, 0.3) is 0 Å². The first-order valence-corrected chi connectivity index (χ1v) is 8.30. The largest absolute Gasteiger partial charge is 0.390 e. The van der Waals surface area contributed by atoms with Gasteiger partial charge in [-0.15, -0.1) is 12.8 Å². The Bertz CT molecular complexity index is 185. The lowest BCUT2D eigenvalue weighted by Crippen LogP contribution is -2.28. The fraction of sp³-hybridized carbons (Fsp3) is 0.895. The topological polar surface area (TPSA) is 20.2 Å². The van der Waals surface area contributed by atoms with Crippen LogP contribution in [0.2, 0.25) is 0 Å². The van der Waals surface area contributed by atoms with E-state index in [9.17, 15) is 9.50 Å². The monoisotopic (exact) mass is 304 g/mol. The van der Waals surface area contributed by atoms with Gasteiger partial charge in [0.05, 0.1) is 12.3 Å². The van der Waals surface area contributed by atoms with Gasteiger partial charge in [0.2, 0.25) is 0 Å². The molecule has 1 N–H and O–H groups in total. The Morgan fingerprint density at radius 2 is 1.24 bits per heavy atom. The molecule has 0 aliphatic heterocycles. The molecule has 0 saturated carbocycles. The fourth-order valence-corrected chi connectivity index (χ4v) is 2.02. The molecule has 0 aliphatic carbocycles. The predicted octanol–water partition coefficient (Wildman–Crippen LogP) is 6.40. The van der Waals surface area contributed by atoms with Gasteiger partial charge in [-0.25, -0.2) is 0 Å². The Balaban J connectivity index is -0.000000122. The summed E-state index contributed by atoms with van der Waals surface area (Å²) in [4.78, 5) is 0. The Morgan fingerprint density at radius 3 is 1.43 bits per heavy atom. The summed E-state index contributed by atoms with van der Waals surface area (Å²) in [5, 5.41) is 9.46. The Kier molecular flexibility index (Phi) is 26.5. The van der Waals surface area contributed by atoms with E-state index >= 15 is 0 Å². The maximum atomic E-state index is 12.0. The molecule has 0 atom stereocenters. The first-order chi connectivity index (χ1) is 9.68. The minimum absolute atomic E-state index is 0.0903. The van der Waals surface area contributed by atoms with Crippen LogP contribution in [-0.2, 0) is 0 Å². The Labute approximate surface area is 134 Å². The summed E-state index contributed by atoms with van der Waals surface area (Å²) in [6, 6.07) is 0. The van der Waals surface area contributed by atoms with Crippen LogP contribution in [-0.4, -0.2) is 17.4 Å². The number of aliphatic hydroxyl groups is 1. The number of hydrogen-bond acceptors (Lipinski definition) is 1. The highest BCUT2D eigenvalue weighted by Crippen LogP contribution is 2.30. The second-order valence-corrected chi connectivity index (χ2v) is 6.30. The molecule has 0 amide bonds. The van der Waals surface area contributed by atoms with Crippen molar-refractivity contribution in [3.05, 3.63) is 0 Å². The number of alkyl halides is 1. The van der Waals surface area contributed by atoms with E-state index in [2.05, 4.69) is 26.7 Å². The third-order valence-corrected chi connectivity index (χ3v) is 2.64. The maximum absolute atomic E-state index is 12.0. The van der Waals surface area contributed by atoms with E-state index in [1.165, 1.54) is 25.7 Å². The predicted molar refractivity (Wildman–Crippen MR) is 96.3 cm³/mol. The van der Waals surface area contributed by atoms with Crippen molar-refractivity contribution in [1.82, 2.24) is 0 Å². The first kappa shape index (κ1) is 28.6. The summed E-state index contributed by atoms with van der Waals surface area (Å²) in [5.41, 5.74) is -0.772. The summed E-state index contributed by atoms with van der Waals surface area (Å²) in [5.74, 6) is 0. The van der Waals surface area contributed by atoms with E-state index in [0.717, 1.165) is 0 Å². The Hall–Kier alpha value is -0.550. The van der Waals surface area contributed by atoms with Crippen LogP contribution >= 0.6 is 0 Å². The van der Waals surface area contributed by atoms with Gasteiger partial charge >= 0.3 is 0 Å². The SMILES string of the molecule is C#C.CC.CC(C)(O)CC(C)(C)CCF.CCCCCC. The molecule has 0 spiro atoms. The molecule has 21 heavy (non-hydrogen) atoms. The molecule has 0 heterocycles. The summed E-state index contributed by atoms with van der Waals surface area (Å²) in [7, 11) is 0. The zero-order valence-corrected chi connectivity index (χ0v) is 15.9. The average molecular weight is 305 g/mol. The molecule has 0 rings (SSSR count). The minimum atomic E-state index is -0.682. The number of unbranched alkanes of at least 4 members (excludes halogenated alkanes) is 3. The average Bonchev–Trinajstić information content (AvgIpc) is 2.39. The lowest BCUT2D eigenvalue weighted by Gasteiger charge is -2.30. The van der Waals surface area contributed by atoms with E-state index < -0.39 is 5.60 Å². The highest BCUT2D eigenvalue weighted by Gasteiger charge is 2.26. The molecule has 0 saturated heterocycles. The second kappa shape index (κ2) is 19.4. The summed E-state index contributed by atoms with van der Waals surface area (Å²) in [6.45, 7) is 15.6. The van der Waals surface area contributed by atoms with Crippen molar-refractivity contribution in [1.29, 1.82) is 0 Å². The highest BCUT2D eigenvalue weighted by molar-refractivity contribution is 4.77. The van der Waals surface area contributed by atoms with E-state index in [4.69, 9.17) is 0 Å². The molecule has 130 valence electrons. The Morgan fingerprint density at radius 1 is 0.905 bits per heavy atom. The molecular weight excluding hydrogens is 263 g/mol. The summed E-state index contributed by atoms with van der Waals surface area (Å²) in [6.07, 6.45) is 14.7. The zero-order chi connectivity index (χ0) is 17.9. The molecule has 0 aromatic heterocycles.